The van der Waals surface area contributed by atoms with E-state index in [0.717, 1.165) is 36.1 Å². The van der Waals surface area contributed by atoms with Gasteiger partial charge in [0.1, 0.15) is 16.1 Å². The molecule has 1 aromatic carbocycles. The van der Waals surface area contributed by atoms with E-state index in [1.807, 2.05) is 24.3 Å². The Balaban J connectivity index is 2.02. The first-order valence-corrected chi connectivity index (χ1v) is 8.27. The average Bonchev–Trinajstić information content (AvgIpc) is 2.49. The van der Waals surface area contributed by atoms with Gasteiger partial charge in [0.15, 0.2) is 0 Å². The van der Waals surface area contributed by atoms with E-state index in [1.165, 1.54) is 0 Å². The van der Waals surface area contributed by atoms with Crippen LogP contribution in [0.4, 0.5) is 0 Å². The summed E-state index contributed by atoms with van der Waals surface area (Å²) in [5, 5.41) is 0.784. The lowest BCUT2D eigenvalue weighted by Gasteiger charge is -2.21. The molecular weight excluding hydrogens is 375 g/mol. The third-order valence-electron chi connectivity index (χ3n) is 3.57. The summed E-state index contributed by atoms with van der Waals surface area (Å²) < 4.78 is 6.28. The van der Waals surface area contributed by atoms with Crippen molar-refractivity contribution in [3.8, 4) is 11.1 Å². The van der Waals surface area contributed by atoms with Gasteiger partial charge in [-0.3, -0.25) is 0 Å². The minimum Gasteiger partial charge on any atom is -0.381 e. The number of ether oxygens (including phenoxy) is 1. The van der Waals surface area contributed by atoms with Gasteiger partial charge in [-0.1, -0.05) is 57.3 Å². The van der Waals surface area contributed by atoms with Crippen LogP contribution in [0.1, 0.15) is 24.6 Å². The molecule has 6 heteroatoms. The van der Waals surface area contributed by atoms with Crippen molar-refractivity contribution in [2.75, 3.05) is 13.2 Å². The van der Waals surface area contributed by atoms with Gasteiger partial charge >= 0.3 is 0 Å². The minimum absolute atomic E-state index is 0.266. The van der Waals surface area contributed by atoms with E-state index in [-0.39, 0.29) is 5.92 Å². The number of halogens is 3. The van der Waals surface area contributed by atoms with Crippen LogP contribution in [0.5, 0.6) is 0 Å². The molecule has 2 aromatic rings. The number of aromatic nitrogens is 2. The quantitative estimate of drug-likeness (QED) is 0.671. The van der Waals surface area contributed by atoms with Gasteiger partial charge in [0.05, 0.1) is 5.56 Å². The van der Waals surface area contributed by atoms with Crippen LogP contribution in [0.25, 0.3) is 11.1 Å². The summed E-state index contributed by atoms with van der Waals surface area (Å²) in [4.78, 5) is 8.94. The highest BCUT2D eigenvalue weighted by Gasteiger charge is 2.22. The van der Waals surface area contributed by atoms with Gasteiger partial charge < -0.3 is 4.74 Å². The first-order chi connectivity index (χ1) is 10.2. The Labute approximate surface area is 141 Å². The number of benzene rings is 1. The van der Waals surface area contributed by atoms with E-state index < -0.39 is 0 Å². The fourth-order valence-corrected chi connectivity index (χ4v) is 3.53. The van der Waals surface area contributed by atoms with Crippen molar-refractivity contribution in [1.82, 2.24) is 9.97 Å². The predicted molar refractivity (Wildman–Crippen MR) is 88.0 cm³/mol. The van der Waals surface area contributed by atoms with Crippen molar-refractivity contribution < 1.29 is 4.74 Å². The third-order valence-corrected chi connectivity index (χ3v) is 4.81. The van der Waals surface area contributed by atoms with E-state index in [0.29, 0.717) is 21.7 Å². The lowest BCUT2D eigenvalue weighted by Crippen LogP contribution is -2.16. The van der Waals surface area contributed by atoms with Crippen molar-refractivity contribution in [3.05, 3.63) is 44.9 Å². The van der Waals surface area contributed by atoms with Crippen molar-refractivity contribution in [2.24, 2.45) is 0 Å². The van der Waals surface area contributed by atoms with Crippen molar-refractivity contribution in [1.29, 1.82) is 0 Å². The molecule has 0 bridgehead atoms. The number of hydrogen-bond donors (Lipinski definition) is 0. The normalized spacial score (nSPS) is 16.1. The molecule has 0 atom stereocenters. The van der Waals surface area contributed by atoms with Crippen molar-refractivity contribution >= 4 is 39.1 Å². The monoisotopic (exact) mass is 386 g/mol. The van der Waals surface area contributed by atoms with Crippen LogP contribution in [-0.4, -0.2) is 23.2 Å². The second-order valence-electron chi connectivity index (χ2n) is 4.90. The predicted octanol–water partition coefficient (Wildman–Crippen LogP) is 5.11. The van der Waals surface area contributed by atoms with Gasteiger partial charge in [-0.15, -0.1) is 0 Å². The fraction of sp³-hybridized carbons (Fsp3) is 0.333. The maximum atomic E-state index is 6.37. The molecule has 0 radical (unpaired) electrons. The van der Waals surface area contributed by atoms with Gasteiger partial charge in [-0.25, -0.2) is 9.97 Å². The molecule has 0 amide bonds. The zero-order valence-electron chi connectivity index (χ0n) is 11.2. The number of nitrogens with zero attached hydrogens (tertiary/aromatic N) is 2. The minimum atomic E-state index is 0.266. The second kappa shape index (κ2) is 6.61. The van der Waals surface area contributed by atoms with E-state index in [9.17, 15) is 0 Å². The molecule has 1 aliphatic rings. The number of rotatable bonds is 2. The second-order valence-corrected chi connectivity index (χ2v) is 6.48. The summed E-state index contributed by atoms with van der Waals surface area (Å²) in [6.07, 6.45) is 1.81. The van der Waals surface area contributed by atoms with Crippen LogP contribution >= 0.6 is 39.1 Å². The Morgan fingerprint density at radius 3 is 2.29 bits per heavy atom. The molecule has 0 unspecified atom stereocenters. The fourth-order valence-electron chi connectivity index (χ4n) is 2.45. The maximum Gasteiger partial charge on any atom is 0.142 e. The summed E-state index contributed by atoms with van der Waals surface area (Å²) in [6, 6.07) is 7.74. The molecule has 1 fully saturated rings. The summed E-state index contributed by atoms with van der Waals surface area (Å²) in [5.41, 5.74) is 1.56. The molecule has 0 saturated carbocycles. The molecule has 0 aliphatic carbocycles. The van der Waals surface area contributed by atoms with E-state index in [2.05, 4.69) is 25.9 Å². The molecule has 0 N–H and O–H groups in total. The highest BCUT2D eigenvalue weighted by atomic mass is 79.9. The van der Waals surface area contributed by atoms with Gasteiger partial charge in [-0.05, 0) is 18.9 Å². The largest absolute Gasteiger partial charge is 0.381 e. The molecule has 3 nitrogen and oxygen atoms in total. The molecule has 1 saturated heterocycles. The molecule has 110 valence electrons. The molecular formula is C15H13BrCl2N2O. The third kappa shape index (κ3) is 3.24. The highest BCUT2D eigenvalue weighted by Crippen LogP contribution is 2.38. The number of hydrogen-bond acceptors (Lipinski definition) is 3. The molecule has 1 aromatic heterocycles. The van der Waals surface area contributed by atoms with Crippen LogP contribution < -0.4 is 0 Å². The standard InChI is InChI=1S/C15H13BrCl2N2O/c16-11-4-2-1-3-10(11)12-13(17)19-15(20-14(12)18)9-5-7-21-8-6-9/h1-4,9H,5-8H2. The van der Waals surface area contributed by atoms with Crippen LogP contribution in [0.15, 0.2) is 28.7 Å². The van der Waals surface area contributed by atoms with Gasteiger partial charge in [0, 0.05) is 29.2 Å². The Morgan fingerprint density at radius 2 is 1.67 bits per heavy atom. The molecule has 3 rings (SSSR count). The van der Waals surface area contributed by atoms with E-state index in [4.69, 9.17) is 27.9 Å². The summed E-state index contributed by atoms with van der Waals surface area (Å²) in [6.45, 7) is 1.46. The molecule has 1 aliphatic heterocycles. The summed E-state index contributed by atoms with van der Waals surface area (Å²) in [7, 11) is 0. The van der Waals surface area contributed by atoms with Crippen LogP contribution in [-0.2, 0) is 4.74 Å². The topological polar surface area (TPSA) is 35.0 Å². The maximum absolute atomic E-state index is 6.37. The molecule has 21 heavy (non-hydrogen) atoms. The van der Waals surface area contributed by atoms with Gasteiger partial charge in [-0.2, -0.15) is 0 Å². The molecule has 0 spiro atoms. The Kier molecular flexibility index (Phi) is 4.79. The first kappa shape index (κ1) is 15.2. The Hall–Kier alpha value is -0.680. The lowest BCUT2D eigenvalue weighted by molar-refractivity contribution is 0.0836. The van der Waals surface area contributed by atoms with Crippen LogP contribution in [0.3, 0.4) is 0 Å². The molecule has 2 heterocycles. The summed E-state index contributed by atoms with van der Waals surface area (Å²) >= 11 is 16.3. The summed E-state index contributed by atoms with van der Waals surface area (Å²) in [5.74, 6) is 0.978. The average molecular weight is 388 g/mol. The van der Waals surface area contributed by atoms with Crippen LogP contribution in [0, 0.1) is 0 Å². The Bertz CT molecular complexity index is 637. The van der Waals surface area contributed by atoms with Crippen LogP contribution in [0.2, 0.25) is 10.3 Å². The van der Waals surface area contributed by atoms with Gasteiger partial charge in [0.2, 0.25) is 0 Å². The van der Waals surface area contributed by atoms with Gasteiger partial charge in [0.25, 0.3) is 0 Å². The first-order valence-electron chi connectivity index (χ1n) is 6.72. The van der Waals surface area contributed by atoms with E-state index >= 15 is 0 Å². The zero-order chi connectivity index (χ0) is 14.8. The SMILES string of the molecule is Clc1nc(C2CCOCC2)nc(Cl)c1-c1ccccc1Br. The highest BCUT2D eigenvalue weighted by molar-refractivity contribution is 9.10. The lowest BCUT2D eigenvalue weighted by atomic mass is 9.99. The zero-order valence-corrected chi connectivity index (χ0v) is 14.2. The van der Waals surface area contributed by atoms with Crippen molar-refractivity contribution in [3.63, 3.8) is 0 Å². The smallest absolute Gasteiger partial charge is 0.142 e. The van der Waals surface area contributed by atoms with E-state index in [1.54, 1.807) is 0 Å². The Morgan fingerprint density at radius 1 is 1.05 bits per heavy atom. The van der Waals surface area contributed by atoms with Crippen molar-refractivity contribution in [2.45, 2.75) is 18.8 Å².